The van der Waals surface area contributed by atoms with Crippen LogP contribution in [0.5, 0.6) is 28.7 Å². The molecule has 0 amide bonds. The first-order valence-corrected chi connectivity index (χ1v) is 7.09. The molecule has 0 radical (unpaired) electrons. The number of carbonyl (C=O) groups is 1. The fourth-order valence-electron chi connectivity index (χ4n) is 2.66. The largest absolute Gasteiger partial charge is 0.508 e. The Kier molecular flexibility index (Phi) is 3.73. The Morgan fingerprint density at radius 1 is 1.17 bits per heavy atom. The van der Waals surface area contributed by atoms with Crippen molar-refractivity contribution >= 4 is 5.78 Å². The van der Waals surface area contributed by atoms with Crippen LogP contribution in [0.2, 0.25) is 0 Å². The van der Waals surface area contributed by atoms with E-state index in [1.165, 1.54) is 13.2 Å². The van der Waals surface area contributed by atoms with Crippen molar-refractivity contribution in [2.24, 2.45) is 5.92 Å². The topological polar surface area (TPSA) is 96.2 Å². The second kappa shape index (κ2) is 5.72. The van der Waals surface area contributed by atoms with Crippen molar-refractivity contribution in [1.82, 2.24) is 0 Å². The number of hydrogen-bond acceptors (Lipinski definition) is 6. The zero-order valence-electron chi connectivity index (χ0n) is 12.4. The van der Waals surface area contributed by atoms with E-state index in [2.05, 4.69) is 0 Å². The van der Waals surface area contributed by atoms with Gasteiger partial charge in [-0.1, -0.05) is 12.1 Å². The zero-order valence-corrected chi connectivity index (χ0v) is 12.4. The molecule has 23 heavy (non-hydrogen) atoms. The van der Waals surface area contributed by atoms with E-state index in [0.29, 0.717) is 6.42 Å². The molecule has 1 aliphatic rings. The molecule has 0 aliphatic carbocycles. The molecule has 3 N–H and O–H groups in total. The number of ether oxygens (including phenoxy) is 2. The summed E-state index contributed by atoms with van der Waals surface area (Å²) in [7, 11) is 1.35. The predicted molar refractivity (Wildman–Crippen MR) is 81.4 cm³/mol. The van der Waals surface area contributed by atoms with E-state index in [9.17, 15) is 20.1 Å². The Labute approximate surface area is 132 Å². The number of carbonyl (C=O) groups excluding carboxylic acids is 1. The molecule has 0 saturated heterocycles. The van der Waals surface area contributed by atoms with Gasteiger partial charge in [0, 0.05) is 6.07 Å². The molecule has 2 aromatic carbocycles. The highest BCUT2D eigenvalue weighted by atomic mass is 16.5. The number of hydrogen-bond donors (Lipinski definition) is 3. The minimum absolute atomic E-state index is 0.0293. The number of methoxy groups -OCH3 is 1. The Hall–Kier alpha value is -2.89. The molecule has 0 saturated carbocycles. The maximum absolute atomic E-state index is 12.6. The molecule has 1 heterocycles. The van der Waals surface area contributed by atoms with E-state index in [0.717, 1.165) is 5.56 Å². The van der Waals surface area contributed by atoms with Gasteiger partial charge in [0.2, 0.25) is 5.75 Å². The second-order valence-electron chi connectivity index (χ2n) is 5.39. The third kappa shape index (κ3) is 2.63. The van der Waals surface area contributed by atoms with Gasteiger partial charge < -0.3 is 24.8 Å². The third-order valence-electron chi connectivity index (χ3n) is 3.90. The lowest BCUT2D eigenvalue weighted by atomic mass is 9.89. The molecule has 2 aromatic rings. The molecule has 6 nitrogen and oxygen atoms in total. The Morgan fingerprint density at radius 2 is 1.87 bits per heavy atom. The van der Waals surface area contributed by atoms with E-state index < -0.39 is 17.4 Å². The van der Waals surface area contributed by atoms with Crippen LogP contribution in [0, 0.1) is 5.92 Å². The fraction of sp³-hybridized carbons (Fsp3) is 0.235. The van der Waals surface area contributed by atoms with Crippen molar-refractivity contribution in [1.29, 1.82) is 0 Å². The van der Waals surface area contributed by atoms with Crippen LogP contribution in [-0.4, -0.2) is 34.8 Å². The number of benzene rings is 2. The predicted octanol–water partition coefficient (Wildman–Crippen LogP) is 2.25. The highest BCUT2D eigenvalue weighted by molar-refractivity contribution is 6.05. The van der Waals surface area contributed by atoms with Gasteiger partial charge in [0.1, 0.15) is 17.1 Å². The fourth-order valence-corrected chi connectivity index (χ4v) is 2.66. The van der Waals surface area contributed by atoms with Gasteiger partial charge in [-0.05, 0) is 24.1 Å². The van der Waals surface area contributed by atoms with E-state index in [1.54, 1.807) is 24.3 Å². The molecule has 0 fully saturated rings. The van der Waals surface area contributed by atoms with Gasteiger partial charge in [-0.3, -0.25) is 4.79 Å². The second-order valence-corrected chi connectivity index (χ2v) is 5.39. The molecule has 1 aliphatic heterocycles. The van der Waals surface area contributed by atoms with Crippen molar-refractivity contribution < 1.29 is 29.6 Å². The maximum Gasteiger partial charge on any atom is 0.201 e. The lowest BCUT2D eigenvalue weighted by Gasteiger charge is -2.25. The summed E-state index contributed by atoms with van der Waals surface area (Å²) in [5.41, 5.74) is 0.837. The zero-order chi connectivity index (χ0) is 16.6. The summed E-state index contributed by atoms with van der Waals surface area (Å²) >= 11 is 0. The van der Waals surface area contributed by atoms with Crippen LogP contribution in [0.15, 0.2) is 30.3 Å². The number of phenolic OH excluding ortho intramolecular Hbond substituents is 3. The summed E-state index contributed by atoms with van der Waals surface area (Å²) < 4.78 is 10.5. The monoisotopic (exact) mass is 316 g/mol. The summed E-state index contributed by atoms with van der Waals surface area (Å²) in [5, 5.41) is 29.2. The highest BCUT2D eigenvalue weighted by Crippen LogP contribution is 2.46. The first-order chi connectivity index (χ1) is 11.0. The van der Waals surface area contributed by atoms with Crippen LogP contribution in [0.1, 0.15) is 15.9 Å². The van der Waals surface area contributed by atoms with E-state index in [-0.39, 0.29) is 35.2 Å². The van der Waals surface area contributed by atoms with Crippen molar-refractivity contribution in [3.8, 4) is 28.7 Å². The van der Waals surface area contributed by atoms with Gasteiger partial charge in [0.15, 0.2) is 17.3 Å². The van der Waals surface area contributed by atoms with Crippen LogP contribution in [0.3, 0.4) is 0 Å². The number of fused-ring (bicyclic) bond motifs is 1. The molecular formula is C17H16O6. The molecule has 0 bridgehead atoms. The average Bonchev–Trinajstić information content (AvgIpc) is 2.55. The molecular weight excluding hydrogens is 300 g/mol. The summed E-state index contributed by atoms with van der Waals surface area (Å²) in [4.78, 5) is 12.6. The van der Waals surface area contributed by atoms with Crippen molar-refractivity contribution in [3.05, 3.63) is 41.5 Å². The number of rotatable bonds is 3. The molecule has 3 rings (SSSR count). The Bertz CT molecular complexity index is 751. The molecule has 0 unspecified atom stereocenters. The van der Waals surface area contributed by atoms with Gasteiger partial charge in [-0.2, -0.15) is 0 Å². The molecule has 0 aromatic heterocycles. The lowest BCUT2D eigenvalue weighted by molar-refractivity contribution is 0.0824. The quantitative estimate of drug-likeness (QED) is 0.752. The number of ketones is 1. The Morgan fingerprint density at radius 3 is 2.52 bits per heavy atom. The number of phenols is 3. The normalized spacial score (nSPS) is 16.6. The van der Waals surface area contributed by atoms with Crippen LogP contribution in [-0.2, 0) is 6.42 Å². The van der Waals surface area contributed by atoms with Gasteiger partial charge in [-0.15, -0.1) is 0 Å². The van der Waals surface area contributed by atoms with E-state index >= 15 is 0 Å². The molecule has 6 heteroatoms. The first kappa shape index (κ1) is 15.0. The standard InChI is InChI=1S/C17H16O6/c1-22-13-7-12-14(17(21)16(13)20)15(19)10(8-23-12)6-9-2-4-11(18)5-3-9/h2-5,7,10,18,20-21H,6,8H2,1H3/t10-/m1/s1. The minimum Gasteiger partial charge on any atom is -0.508 e. The smallest absolute Gasteiger partial charge is 0.201 e. The highest BCUT2D eigenvalue weighted by Gasteiger charge is 2.34. The molecule has 120 valence electrons. The maximum atomic E-state index is 12.6. The van der Waals surface area contributed by atoms with Gasteiger partial charge in [0.05, 0.1) is 19.6 Å². The number of aromatic hydroxyl groups is 3. The van der Waals surface area contributed by atoms with Gasteiger partial charge >= 0.3 is 0 Å². The van der Waals surface area contributed by atoms with E-state index in [1.807, 2.05) is 0 Å². The lowest BCUT2D eigenvalue weighted by Crippen LogP contribution is -2.29. The average molecular weight is 316 g/mol. The van der Waals surface area contributed by atoms with Crippen LogP contribution >= 0.6 is 0 Å². The summed E-state index contributed by atoms with van der Waals surface area (Å²) in [6.07, 6.45) is 0.408. The van der Waals surface area contributed by atoms with E-state index in [4.69, 9.17) is 9.47 Å². The van der Waals surface area contributed by atoms with Crippen LogP contribution in [0.4, 0.5) is 0 Å². The van der Waals surface area contributed by atoms with Crippen LogP contribution < -0.4 is 9.47 Å². The summed E-state index contributed by atoms with van der Waals surface area (Å²) in [6, 6.07) is 7.93. The van der Waals surface area contributed by atoms with Crippen molar-refractivity contribution in [2.45, 2.75) is 6.42 Å². The van der Waals surface area contributed by atoms with Gasteiger partial charge in [0.25, 0.3) is 0 Å². The third-order valence-corrected chi connectivity index (χ3v) is 3.90. The Balaban J connectivity index is 1.91. The first-order valence-electron chi connectivity index (χ1n) is 7.09. The molecule has 1 atom stereocenters. The SMILES string of the molecule is COc1cc2c(c(O)c1O)C(=O)[C@H](Cc1ccc(O)cc1)CO2. The van der Waals surface area contributed by atoms with Gasteiger partial charge in [-0.25, -0.2) is 0 Å². The van der Waals surface area contributed by atoms with Crippen molar-refractivity contribution in [2.75, 3.05) is 13.7 Å². The number of Topliss-reactive ketones (excluding diaryl/α,β-unsaturated/α-hetero) is 1. The molecule has 0 spiro atoms. The summed E-state index contributed by atoms with van der Waals surface area (Å²) in [6.45, 7) is 0.167. The van der Waals surface area contributed by atoms with Crippen LogP contribution in [0.25, 0.3) is 0 Å². The minimum atomic E-state index is -0.528. The summed E-state index contributed by atoms with van der Waals surface area (Å²) in [5.74, 6) is -1.39. The van der Waals surface area contributed by atoms with Crippen molar-refractivity contribution in [3.63, 3.8) is 0 Å².